The molecule has 2 aromatic heterocycles. The smallest absolute Gasteiger partial charge is 0.261 e. The van der Waals surface area contributed by atoms with Crippen molar-refractivity contribution in [1.82, 2.24) is 14.5 Å². The van der Waals surface area contributed by atoms with Crippen molar-refractivity contribution in [2.24, 2.45) is 0 Å². The van der Waals surface area contributed by atoms with E-state index < -0.39 is 22.2 Å². The monoisotopic (exact) mass is 709 g/mol. The Hall–Kier alpha value is -2.14. The van der Waals surface area contributed by atoms with E-state index in [1.807, 2.05) is 20.0 Å². The molecule has 0 radical (unpaired) electrons. The van der Waals surface area contributed by atoms with Crippen LogP contribution in [0.1, 0.15) is 45.6 Å². The second-order valence-electron chi connectivity index (χ2n) is 14.5. The molecule has 4 aromatic rings. The van der Waals surface area contributed by atoms with Gasteiger partial charge < -0.3 is 18.5 Å². The summed E-state index contributed by atoms with van der Waals surface area (Å²) in [5.41, 5.74) is 4.91. The first-order valence-electron chi connectivity index (χ1n) is 15.6. The van der Waals surface area contributed by atoms with Gasteiger partial charge in [0.15, 0.2) is 5.79 Å². The molecule has 0 unspecified atom stereocenters. The molecule has 2 aliphatic rings. The molecule has 0 bridgehead atoms. The molecule has 0 saturated carbocycles. The van der Waals surface area contributed by atoms with Crippen LogP contribution in [-0.4, -0.2) is 60.8 Å². The van der Waals surface area contributed by atoms with Crippen molar-refractivity contribution in [3.8, 4) is 11.5 Å². The van der Waals surface area contributed by atoms with Crippen LogP contribution < -0.4 is 10.4 Å². The summed E-state index contributed by atoms with van der Waals surface area (Å²) in [7, 11) is -4.44. The molecule has 4 heterocycles. The molecular formula is C35H41Cl2N3O3SSi2. The lowest BCUT2D eigenvalue weighted by molar-refractivity contribution is -0.149. The molecule has 2 aliphatic heterocycles. The summed E-state index contributed by atoms with van der Waals surface area (Å²) in [6, 6.07) is 21.5. The van der Waals surface area contributed by atoms with E-state index >= 15 is 0 Å². The van der Waals surface area contributed by atoms with Gasteiger partial charge in [-0.25, -0.2) is 4.98 Å². The Morgan fingerprint density at radius 1 is 0.935 bits per heavy atom. The highest BCUT2D eigenvalue weighted by atomic mass is 35.5. The number of fused-ring (bicyclic) bond motifs is 2. The third kappa shape index (κ3) is 6.36. The predicted octanol–water partition coefficient (Wildman–Crippen LogP) is 7.68. The number of nitrogens with zero attached hydrogens (tertiary/aromatic N) is 3. The van der Waals surface area contributed by atoms with Crippen molar-refractivity contribution >= 4 is 72.8 Å². The van der Waals surface area contributed by atoms with Crippen LogP contribution in [0.5, 0.6) is 0 Å². The quantitative estimate of drug-likeness (QED) is 0.0887. The fourth-order valence-corrected chi connectivity index (χ4v) is 13.8. The van der Waals surface area contributed by atoms with E-state index in [4.69, 9.17) is 37.1 Å². The minimum Gasteiger partial charge on any atom is -0.406 e. The molecule has 4 atom stereocenters. The Morgan fingerprint density at radius 2 is 1.52 bits per heavy atom. The number of hydrogen-bond acceptors (Lipinski definition) is 6. The average molecular weight is 711 g/mol. The maximum Gasteiger partial charge on any atom is 0.261 e. The first kappa shape index (κ1) is 33.8. The van der Waals surface area contributed by atoms with Gasteiger partial charge in [-0.2, -0.15) is 4.98 Å². The molecule has 2 aromatic carbocycles. The Balaban J connectivity index is 1.42. The first-order chi connectivity index (χ1) is 21.6. The first-order valence-corrected chi connectivity index (χ1v) is 22.7. The van der Waals surface area contributed by atoms with Crippen molar-refractivity contribution in [3.63, 3.8) is 0 Å². The molecule has 2 fully saturated rings. The number of hydrogen-bond donors (Lipinski definition) is 0. The minimum atomic E-state index is -2.77. The maximum atomic E-state index is 7.41. The molecule has 0 N–H and O–H groups in total. The van der Waals surface area contributed by atoms with Crippen molar-refractivity contribution in [2.45, 2.75) is 87.9 Å². The number of rotatable bonds is 6. The summed E-state index contributed by atoms with van der Waals surface area (Å²) in [6.45, 7) is 18.0. The zero-order chi connectivity index (χ0) is 33.1. The highest BCUT2D eigenvalue weighted by Crippen LogP contribution is 2.52. The highest BCUT2D eigenvalue weighted by Gasteiger charge is 2.57. The van der Waals surface area contributed by atoms with E-state index in [9.17, 15) is 0 Å². The molecule has 6 rings (SSSR count). The normalized spacial score (nSPS) is 22.9. The Labute approximate surface area is 288 Å². The largest absolute Gasteiger partial charge is 0.406 e. The third-order valence-electron chi connectivity index (χ3n) is 8.45. The van der Waals surface area contributed by atoms with Crippen LogP contribution in [0, 0.1) is 11.5 Å². The van der Waals surface area contributed by atoms with Gasteiger partial charge >= 0.3 is 0 Å². The molecule has 46 heavy (non-hydrogen) atoms. The van der Waals surface area contributed by atoms with E-state index in [1.54, 1.807) is 11.8 Å². The standard InChI is InChI=1S/C35H41Cl2N3O3SSi2/c1-34(2,3)46(24-15-11-9-12-16-24,25-17-13-10-14-18-25)41-22-26-28-29(43-35(4,5)42-28)32(44-26)40-21-23(19-20-45(6,7)8)27-30(36)38-33(37)39-31(27)40/h9-18,21,26,28-29,32H,22H2,1-8H3/t26-,28-,29-,32-/m1/s1. The molecule has 0 aliphatic carbocycles. The zero-order valence-electron chi connectivity index (χ0n) is 27.6. The SMILES string of the molecule is CC1(C)O[C@@H]2[C@H](O1)[C@@H](CO[Si](c1ccccc1)(c1ccccc1)C(C)(C)C)S[C@H]2n1cc(C#C[Si](C)(C)C)c2c(Cl)nc(Cl)nc21. The molecule has 6 nitrogen and oxygen atoms in total. The van der Waals surface area contributed by atoms with Gasteiger partial charge in [-0.1, -0.05) is 119 Å². The van der Waals surface area contributed by atoms with E-state index in [1.165, 1.54) is 10.4 Å². The number of ether oxygens (including phenoxy) is 2. The van der Waals surface area contributed by atoms with Gasteiger partial charge in [0.25, 0.3) is 8.32 Å². The van der Waals surface area contributed by atoms with E-state index in [2.05, 4.69) is 127 Å². The summed E-state index contributed by atoms with van der Waals surface area (Å²) < 4.78 is 22.8. The molecule has 242 valence electrons. The lowest BCUT2D eigenvalue weighted by Gasteiger charge is -2.43. The molecule has 2 saturated heterocycles. The van der Waals surface area contributed by atoms with Crippen LogP contribution in [-0.2, 0) is 13.9 Å². The second-order valence-corrected chi connectivity index (χ2v) is 25.6. The van der Waals surface area contributed by atoms with E-state index in [-0.39, 0.29) is 33.2 Å². The van der Waals surface area contributed by atoms with Crippen molar-refractivity contribution < 1.29 is 13.9 Å². The lowest BCUT2D eigenvalue weighted by Crippen LogP contribution is -2.67. The molecule has 11 heteroatoms. The number of benzene rings is 2. The fraction of sp³-hybridized carbons (Fsp3) is 0.429. The second kappa shape index (κ2) is 12.4. The summed E-state index contributed by atoms with van der Waals surface area (Å²) in [4.78, 5) is 8.92. The lowest BCUT2D eigenvalue weighted by atomic mass is 10.1. The Bertz CT molecular complexity index is 1760. The summed E-state index contributed by atoms with van der Waals surface area (Å²) in [5, 5.41) is 3.26. The van der Waals surface area contributed by atoms with Gasteiger partial charge in [0, 0.05) is 12.8 Å². The van der Waals surface area contributed by atoms with Crippen LogP contribution in [0.2, 0.25) is 35.1 Å². The van der Waals surface area contributed by atoms with Gasteiger partial charge in [-0.15, -0.1) is 17.3 Å². The maximum absolute atomic E-state index is 7.41. The Morgan fingerprint density at radius 3 is 2.09 bits per heavy atom. The van der Waals surface area contributed by atoms with Crippen LogP contribution in [0.25, 0.3) is 11.0 Å². The van der Waals surface area contributed by atoms with Gasteiger partial charge in [0.1, 0.15) is 36.5 Å². The van der Waals surface area contributed by atoms with Crippen LogP contribution >= 0.6 is 35.0 Å². The third-order valence-corrected chi connectivity index (χ3v) is 16.3. The molecule has 0 amide bonds. The summed E-state index contributed by atoms with van der Waals surface area (Å²) in [6.07, 6.45) is 1.57. The minimum absolute atomic E-state index is 0.0137. The van der Waals surface area contributed by atoms with Crippen molar-refractivity contribution in [3.05, 3.63) is 82.9 Å². The van der Waals surface area contributed by atoms with Gasteiger partial charge in [0.2, 0.25) is 5.28 Å². The topological polar surface area (TPSA) is 58.4 Å². The zero-order valence-corrected chi connectivity index (χ0v) is 31.9. The molecular weight excluding hydrogens is 670 g/mol. The van der Waals surface area contributed by atoms with Crippen molar-refractivity contribution in [1.29, 1.82) is 0 Å². The van der Waals surface area contributed by atoms with E-state index in [0.29, 0.717) is 22.8 Å². The average Bonchev–Trinajstić information content (AvgIpc) is 3.60. The highest BCUT2D eigenvalue weighted by molar-refractivity contribution is 8.00. The van der Waals surface area contributed by atoms with Crippen LogP contribution in [0.4, 0.5) is 0 Å². The molecule has 0 spiro atoms. The van der Waals surface area contributed by atoms with E-state index in [0.717, 1.165) is 5.56 Å². The number of thioether (sulfide) groups is 1. The predicted molar refractivity (Wildman–Crippen MR) is 196 cm³/mol. The van der Waals surface area contributed by atoms with Gasteiger partial charge in [-0.3, -0.25) is 0 Å². The summed E-state index contributed by atoms with van der Waals surface area (Å²) in [5.74, 6) is 2.65. The van der Waals surface area contributed by atoms with Crippen molar-refractivity contribution in [2.75, 3.05) is 6.61 Å². The van der Waals surface area contributed by atoms with Crippen LogP contribution in [0.3, 0.4) is 0 Å². The summed E-state index contributed by atoms with van der Waals surface area (Å²) >= 11 is 14.9. The van der Waals surface area contributed by atoms with Crippen LogP contribution in [0.15, 0.2) is 66.9 Å². The fourth-order valence-electron chi connectivity index (χ4n) is 6.61. The number of aromatic nitrogens is 3. The number of halogens is 2. The Kier molecular flexibility index (Phi) is 9.09. The van der Waals surface area contributed by atoms with Gasteiger partial charge in [-0.05, 0) is 40.9 Å². The van der Waals surface area contributed by atoms with Gasteiger partial charge in [0.05, 0.1) is 16.2 Å².